The van der Waals surface area contributed by atoms with Gasteiger partial charge in [-0.1, -0.05) is 26.0 Å². The summed E-state index contributed by atoms with van der Waals surface area (Å²) < 4.78 is 89.0. The van der Waals surface area contributed by atoms with E-state index in [1.54, 1.807) is 33.1 Å². The Bertz CT molecular complexity index is 2250. The number of benzene rings is 1. The fraction of sp³-hybridized carbons (Fsp3) is 0.614. The fourth-order valence-corrected chi connectivity index (χ4v) is 9.64. The summed E-state index contributed by atoms with van der Waals surface area (Å²) in [6.45, 7) is 7.97. The Kier molecular flexibility index (Phi) is 15.1. The monoisotopic (exact) mass is 920 g/mol. The van der Waals surface area contributed by atoms with E-state index in [4.69, 9.17) is 24.9 Å². The standard InChI is InChI=1S/C44H59F3N6O10S/c1-26(9-6-7-10-29-11-8-12-33(29)39(55)51-64(58,59)43(4)15-16-43)21-27(2)37(50-42(57)62-28(3)44(45,46)47)41(56)53-25-32(24-35(53)38(48)54)63-40-34-14-13-31(60-5)22-30(34)23-36(49-40)52-17-19-61-20-18-52/h7,10,13-14,22-23,26-28,32,35,37H,6,8-9,11-12,15-21,24-25H2,1-5H3,(H2,48,54)(H,50,57)(H,51,55)/b10-7-/t26-,27+,28+,32+,35-,37-/m0/s1. The van der Waals surface area contributed by atoms with Crippen LogP contribution in [0.2, 0.25) is 0 Å². The summed E-state index contributed by atoms with van der Waals surface area (Å²) in [6.07, 6.45) is -1.56. The summed E-state index contributed by atoms with van der Waals surface area (Å²) in [5.41, 5.74) is 7.06. The number of morpholine rings is 1. The van der Waals surface area contributed by atoms with Crippen LogP contribution in [0.15, 0.2) is 47.6 Å². The fourth-order valence-electron chi connectivity index (χ4n) is 8.39. The number of anilines is 1. The number of hydrogen-bond donors (Lipinski definition) is 3. The maximum atomic E-state index is 14.5. The highest BCUT2D eigenvalue weighted by Crippen LogP contribution is 2.42. The molecular formula is C44H59F3N6O10S. The molecule has 1 saturated carbocycles. The molecule has 0 spiro atoms. The molecule has 0 radical (unpaired) electrons. The summed E-state index contributed by atoms with van der Waals surface area (Å²) in [6, 6.07) is 4.71. The van der Waals surface area contributed by atoms with Crippen molar-refractivity contribution in [2.24, 2.45) is 17.6 Å². The van der Waals surface area contributed by atoms with E-state index in [9.17, 15) is 40.8 Å². The number of allylic oxidation sites excluding steroid dienone is 3. The van der Waals surface area contributed by atoms with E-state index in [0.29, 0.717) is 107 Å². The second-order valence-corrected chi connectivity index (χ2v) is 19.8. The van der Waals surface area contributed by atoms with Gasteiger partial charge in [-0.05, 0) is 112 Å². The number of ether oxygens (including phenoxy) is 4. The van der Waals surface area contributed by atoms with E-state index in [2.05, 4.69) is 19.7 Å². The lowest BCUT2D eigenvalue weighted by Gasteiger charge is -2.32. The SMILES string of the molecule is COc1ccc2c(O[C@@H]3C[C@@H](C(N)=O)N(C(=O)[C@@H](NC(=O)O[C@H](C)C(F)(F)F)[C@H](C)C[C@@H](C)CC/C=C\C4=C(C(=O)NS(=O)(=O)C5(C)CC5)CCC4)C3)nc(N3CCOCC3)cc2c1. The molecule has 0 bridgehead atoms. The van der Waals surface area contributed by atoms with Crippen LogP contribution in [0, 0.1) is 11.8 Å². The van der Waals surface area contributed by atoms with Gasteiger partial charge >= 0.3 is 12.3 Å². The zero-order valence-electron chi connectivity index (χ0n) is 36.9. The number of methoxy groups -OCH3 is 1. The second-order valence-electron chi connectivity index (χ2n) is 17.6. The number of carbonyl (C=O) groups is 4. The number of nitrogens with two attached hydrogens (primary N) is 1. The van der Waals surface area contributed by atoms with E-state index < -0.39 is 75.0 Å². The van der Waals surface area contributed by atoms with Gasteiger partial charge in [0.2, 0.25) is 27.7 Å². The van der Waals surface area contributed by atoms with Crippen LogP contribution in [0.25, 0.3) is 10.8 Å². The van der Waals surface area contributed by atoms with Crippen molar-refractivity contribution in [3.63, 3.8) is 0 Å². The van der Waals surface area contributed by atoms with Crippen molar-refractivity contribution < 1.29 is 59.7 Å². The zero-order chi connectivity index (χ0) is 46.6. The first kappa shape index (κ1) is 48.3. The Hall–Kier alpha value is -5.11. The number of hydrogen-bond acceptors (Lipinski definition) is 12. The summed E-state index contributed by atoms with van der Waals surface area (Å²) in [7, 11) is -2.23. The molecule has 6 rings (SSSR count). The molecule has 2 aliphatic carbocycles. The van der Waals surface area contributed by atoms with Gasteiger partial charge in [0, 0.05) is 30.5 Å². The Balaban J connectivity index is 1.16. The molecule has 2 saturated heterocycles. The first-order chi connectivity index (χ1) is 30.2. The van der Waals surface area contributed by atoms with Crippen LogP contribution >= 0.6 is 0 Å². The Labute approximate surface area is 371 Å². The van der Waals surface area contributed by atoms with Crippen LogP contribution in [0.1, 0.15) is 85.5 Å². The van der Waals surface area contributed by atoms with Crippen LogP contribution in [0.5, 0.6) is 11.6 Å². The van der Waals surface area contributed by atoms with Crippen LogP contribution in [-0.2, 0) is 33.9 Å². The third-order valence-corrected chi connectivity index (χ3v) is 14.8. The minimum atomic E-state index is -4.85. The lowest BCUT2D eigenvalue weighted by atomic mass is 9.88. The van der Waals surface area contributed by atoms with E-state index in [0.717, 1.165) is 11.0 Å². The number of primary amides is 1. The van der Waals surface area contributed by atoms with Crippen LogP contribution in [-0.4, -0.2) is 117 Å². The number of amides is 4. The number of halogens is 3. The van der Waals surface area contributed by atoms with Crippen molar-refractivity contribution in [2.45, 2.75) is 121 Å². The molecule has 4 aliphatic rings. The quantitative estimate of drug-likeness (QED) is 0.171. The van der Waals surface area contributed by atoms with E-state index in [1.807, 2.05) is 31.2 Å². The predicted octanol–water partition coefficient (Wildman–Crippen LogP) is 5.44. The number of nitrogens with zero attached hydrogens (tertiary/aromatic N) is 3. The molecule has 352 valence electrons. The predicted molar refractivity (Wildman–Crippen MR) is 231 cm³/mol. The number of alkyl halides is 3. The van der Waals surface area contributed by atoms with Gasteiger partial charge in [0.05, 0.1) is 31.6 Å². The highest BCUT2D eigenvalue weighted by Gasteiger charge is 2.51. The molecule has 2 aromatic rings. The molecule has 2 aliphatic heterocycles. The lowest BCUT2D eigenvalue weighted by molar-refractivity contribution is -0.197. The van der Waals surface area contributed by atoms with Crippen LogP contribution < -0.4 is 30.1 Å². The van der Waals surface area contributed by atoms with Crippen LogP contribution in [0.3, 0.4) is 0 Å². The average molecular weight is 921 g/mol. The molecule has 4 amide bonds. The number of carbonyl (C=O) groups excluding carboxylic acids is 4. The maximum absolute atomic E-state index is 14.5. The summed E-state index contributed by atoms with van der Waals surface area (Å²) >= 11 is 0. The molecule has 4 N–H and O–H groups in total. The van der Waals surface area contributed by atoms with Gasteiger partial charge < -0.3 is 39.8 Å². The van der Waals surface area contributed by atoms with Gasteiger partial charge in [-0.2, -0.15) is 18.2 Å². The van der Waals surface area contributed by atoms with Gasteiger partial charge in [-0.25, -0.2) is 17.9 Å². The van der Waals surface area contributed by atoms with Gasteiger partial charge in [0.15, 0.2) is 6.10 Å². The van der Waals surface area contributed by atoms with Crippen molar-refractivity contribution in [1.82, 2.24) is 19.9 Å². The molecule has 3 fully saturated rings. The normalized spacial score (nSPS) is 21.9. The minimum Gasteiger partial charge on any atom is -0.497 e. The van der Waals surface area contributed by atoms with E-state index >= 15 is 0 Å². The highest BCUT2D eigenvalue weighted by atomic mass is 32.2. The molecular weight excluding hydrogens is 862 g/mol. The molecule has 3 heterocycles. The van der Waals surface area contributed by atoms with Crippen LogP contribution in [0.4, 0.5) is 23.8 Å². The smallest absolute Gasteiger partial charge is 0.425 e. The maximum Gasteiger partial charge on any atom is 0.425 e. The summed E-state index contributed by atoms with van der Waals surface area (Å²) in [5.74, 6) is -1.43. The molecule has 1 aromatic carbocycles. The van der Waals surface area contributed by atoms with Crippen molar-refractivity contribution in [3.05, 3.63) is 47.6 Å². The molecule has 20 heteroatoms. The Morgan fingerprint density at radius 3 is 2.47 bits per heavy atom. The van der Waals surface area contributed by atoms with E-state index in [-0.39, 0.29) is 24.8 Å². The molecule has 1 aromatic heterocycles. The van der Waals surface area contributed by atoms with Crippen molar-refractivity contribution in [1.29, 1.82) is 0 Å². The number of pyridine rings is 1. The molecule has 0 unspecified atom stereocenters. The number of aromatic nitrogens is 1. The Morgan fingerprint density at radius 2 is 1.81 bits per heavy atom. The second kappa shape index (κ2) is 20.0. The molecule has 64 heavy (non-hydrogen) atoms. The number of fused-ring (bicyclic) bond motifs is 1. The largest absolute Gasteiger partial charge is 0.497 e. The summed E-state index contributed by atoms with van der Waals surface area (Å²) in [4.78, 5) is 61.5. The molecule has 6 atom stereocenters. The number of rotatable bonds is 18. The van der Waals surface area contributed by atoms with Crippen molar-refractivity contribution in [2.75, 3.05) is 44.9 Å². The third kappa shape index (κ3) is 11.6. The Morgan fingerprint density at radius 1 is 1.09 bits per heavy atom. The van der Waals surface area contributed by atoms with Gasteiger partial charge in [-0.15, -0.1) is 0 Å². The summed E-state index contributed by atoms with van der Waals surface area (Å²) in [5, 5.41) is 3.79. The minimum absolute atomic E-state index is 0.0173. The third-order valence-electron chi connectivity index (χ3n) is 12.6. The molecule has 16 nitrogen and oxygen atoms in total. The van der Waals surface area contributed by atoms with Crippen molar-refractivity contribution >= 4 is 50.4 Å². The number of alkyl carbamates (subject to hydrolysis) is 1. The number of nitrogens with one attached hydrogen (secondary N) is 2. The average Bonchev–Trinajstić information content (AvgIpc) is 3.62. The first-order valence-corrected chi connectivity index (χ1v) is 23.2. The van der Waals surface area contributed by atoms with Crippen molar-refractivity contribution in [3.8, 4) is 11.6 Å². The zero-order valence-corrected chi connectivity index (χ0v) is 37.7. The number of likely N-dealkylation sites (tertiary alicyclic amines) is 1. The van der Waals surface area contributed by atoms with Gasteiger partial charge in [0.25, 0.3) is 5.91 Å². The van der Waals surface area contributed by atoms with E-state index in [1.165, 1.54) is 4.90 Å². The first-order valence-electron chi connectivity index (χ1n) is 21.8. The van der Waals surface area contributed by atoms with Gasteiger partial charge in [-0.3, -0.25) is 14.4 Å². The number of sulfonamides is 1. The van der Waals surface area contributed by atoms with Gasteiger partial charge in [0.1, 0.15) is 29.8 Å². The highest BCUT2D eigenvalue weighted by molar-refractivity contribution is 7.91. The lowest BCUT2D eigenvalue weighted by Crippen LogP contribution is -2.56. The topological polar surface area (TPSA) is 209 Å².